The van der Waals surface area contributed by atoms with Crippen molar-refractivity contribution >= 4 is 47.2 Å². The van der Waals surface area contributed by atoms with Crippen molar-refractivity contribution in [2.45, 2.75) is 13.0 Å². The van der Waals surface area contributed by atoms with Crippen LogP contribution in [0.3, 0.4) is 0 Å². The van der Waals surface area contributed by atoms with Crippen LogP contribution in [-0.2, 0) is 14.3 Å². The Hall–Kier alpha value is -2.05. The molecule has 8 heteroatoms. The highest BCUT2D eigenvalue weighted by Crippen LogP contribution is 2.23. The van der Waals surface area contributed by atoms with Crippen molar-refractivity contribution < 1.29 is 19.1 Å². The fourth-order valence-electron chi connectivity index (χ4n) is 1.27. The Morgan fingerprint density at radius 2 is 1.95 bits per heavy atom. The largest absolute Gasteiger partial charge is 0.449 e. The number of nitrogens with two attached hydrogens (primary N) is 1. The van der Waals surface area contributed by atoms with Gasteiger partial charge in [0.15, 0.2) is 6.10 Å². The summed E-state index contributed by atoms with van der Waals surface area (Å²) in [5.74, 6) is -1.56. The SMILES string of the molecule is C[C@@H](OC(=O)/C=C/c1ccc(Cl)c(Cl)c1)C(=O)NC(N)=O. The number of hydrogen-bond acceptors (Lipinski definition) is 4. The van der Waals surface area contributed by atoms with Crippen LogP contribution in [0.4, 0.5) is 4.79 Å². The van der Waals surface area contributed by atoms with Crippen molar-refractivity contribution in [2.24, 2.45) is 5.73 Å². The summed E-state index contributed by atoms with van der Waals surface area (Å²) in [5.41, 5.74) is 5.41. The van der Waals surface area contributed by atoms with Crippen LogP contribution in [0.2, 0.25) is 10.0 Å². The first-order valence-corrected chi connectivity index (χ1v) is 6.49. The van der Waals surface area contributed by atoms with Crippen molar-refractivity contribution in [1.82, 2.24) is 5.32 Å². The number of amides is 3. The normalized spacial score (nSPS) is 12.0. The maximum absolute atomic E-state index is 11.5. The number of nitrogens with one attached hydrogen (secondary N) is 1. The molecule has 3 amide bonds. The van der Waals surface area contributed by atoms with E-state index in [1.165, 1.54) is 13.0 Å². The molecular weight excluding hydrogens is 319 g/mol. The average Bonchev–Trinajstić information content (AvgIpc) is 2.39. The zero-order valence-electron chi connectivity index (χ0n) is 10.9. The molecule has 0 saturated heterocycles. The molecule has 21 heavy (non-hydrogen) atoms. The van der Waals surface area contributed by atoms with Gasteiger partial charge in [0.1, 0.15) is 0 Å². The summed E-state index contributed by atoms with van der Waals surface area (Å²) in [6.07, 6.45) is 1.42. The summed E-state index contributed by atoms with van der Waals surface area (Å²) in [6.45, 7) is 1.31. The lowest BCUT2D eigenvalue weighted by molar-refractivity contribution is -0.149. The Morgan fingerprint density at radius 1 is 1.29 bits per heavy atom. The monoisotopic (exact) mass is 330 g/mol. The van der Waals surface area contributed by atoms with Gasteiger partial charge in [-0.15, -0.1) is 0 Å². The quantitative estimate of drug-likeness (QED) is 0.652. The van der Waals surface area contributed by atoms with Gasteiger partial charge in [0, 0.05) is 6.08 Å². The number of carbonyl (C=O) groups is 3. The number of carbonyl (C=O) groups excluding carboxylic acids is 3. The highest BCUT2D eigenvalue weighted by molar-refractivity contribution is 6.42. The molecule has 1 aromatic rings. The van der Waals surface area contributed by atoms with E-state index >= 15 is 0 Å². The van der Waals surface area contributed by atoms with Crippen LogP contribution in [-0.4, -0.2) is 24.0 Å². The predicted molar refractivity (Wildman–Crippen MR) is 78.8 cm³/mol. The molecule has 6 nitrogen and oxygen atoms in total. The Labute approximate surface area is 130 Å². The second kappa shape index (κ2) is 7.66. The molecule has 0 aliphatic heterocycles. The molecule has 0 aliphatic rings. The summed E-state index contributed by atoms with van der Waals surface area (Å²) in [7, 11) is 0. The molecule has 0 spiro atoms. The molecule has 0 aromatic heterocycles. The molecule has 0 heterocycles. The molecule has 1 aromatic carbocycles. The fourth-order valence-corrected chi connectivity index (χ4v) is 1.58. The van der Waals surface area contributed by atoms with Crippen molar-refractivity contribution in [1.29, 1.82) is 0 Å². The fraction of sp³-hybridized carbons (Fsp3) is 0.154. The molecule has 0 fully saturated rings. The molecule has 1 atom stereocenters. The second-order valence-electron chi connectivity index (χ2n) is 3.94. The molecular formula is C13H12Cl2N2O4. The Kier molecular flexibility index (Phi) is 6.20. The zero-order valence-corrected chi connectivity index (χ0v) is 12.4. The highest BCUT2D eigenvalue weighted by Gasteiger charge is 2.17. The molecule has 0 saturated carbocycles. The summed E-state index contributed by atoms with van der Waals surface area (Å²) in [4.78, 5) is 33.3. The lowest BCUT2D eigenvalue weighted by Crippen LogP contribution is -2.42. The van der Waals surface area contributed by atoms with E-state index in [2.05, 4.69) is 0 Å². The van der Waals surface area contributed by atoms with Crippen LogP contribution in [0.1, 0.15) is 12.5 Å². The highest BCUT2D eigenvalue weighted by atomic mass is 35.5. The van der Waals surface area contributed by atoms with Gasteiger partial charge >= 0.3 is 12.0 Å². The number of benzene rings is 1. The van der Waals surface area contributed by atoms with Gasteiger partial charge < -0.3 is 10.5 Å². The molecule has 0 unspecified atom stereocenters. The summed E-state index contributed by atoms with van der Waals surface area (Å²) >= 11 is 11.6. The Morgan fingerprint density at radius 3 is 2.52 bits per heavy atom. The number of ether oxygens (including phenoxy) is 1. The standard InChI is InChI=1S/C13H12Cl2N2O4/c1-7(12(19)17-13(16)20)21-11(18)5-3-8-2-4-9(14)10(15)6-8/h2-7H,1H3,(H3,16,17,19,20)/b5-3+/t7-/m1/s1. The average molecular weight is 331 g/mol. The molecule has 3 N–H and O–H groups in total. The summed E-state index contributed by atoms with van der Waals surface area (Å²) in [6, 6.07) is 3.78. The lowest BCUT2D eigenvalue weighted by atomic mass is 10.2. The van der Waals surface area contributed by atoms with E-state index in [9.17, 15) is 14.4 Å². The third-order valence-electron chi connectivity index (χ3n) is 2.26. The van der Waals surface area contributed by atoms with E-state index < -0.39 is 24.0 Å². The third-order valence-corrected chi connectivity index (χ3v) is 3.00. The van der Waals surface area contributed by atoms with Crippen molar-refractivity contribution in [3.05, 3.63) is 39.9 Å². The van der Waals surface area contributed by atoms with Gasteiger partial charge in [0.25, 0.3) is 5.91 Å². The minimum absolute atomic E-state index is 0.349. The Balaban J connectivity index is 2.60. The number of halogens is 2. The molecule has 112 valence electrons. The van der Waals surface area contributed by atoms with Gasteiger partial charge in [-0.05, 0) is 30.7 Å². The molecule has 0 radical (unpaired) electrons. The second-order valence-corrected chi connectivity index (χ2v) is 4.75. The van der Waals surface area contributed by atoms with Crippen LogP contribution in [0.25, 0.3) is 6.08 Å². The van der Waals surface area contributed by atoms with E-state index in [0.29, 0.717) is 15.6 Å². The first-order valence-electron chi connectivity index (χ1n) is 5.73. The predicted octanol–water partition coefficient (Wildman–Crippen LogP) is 2.13. The first-order chi connectivity index (χ1) is 9.79. The maximum atomic E-state index is 11.5. The minimum atomic E-state index is -1.15. The van der Waals surface area contributed by atoms with E-state index in [4.69, 9.17) is 33.7 Å². The van der Waals surface area contributed by atoms with Gasteiger partial charge in [-0.1, -0.05) is 29.3 Å². The first kappa shape index (κ1) is 17.0. The number of rotatable bonds is 4. The van der Waals surface area contributed by atoms with E-state index in [0.717, 1.165) is 6.08 Å². The van der Waals surface area contributed by atoms with Crippen LogP contribution in [0.5, 0.6) is 0 Å². The minimum Gasteiger partial charge on any atom is -0.449 e. The van der Waals surface area contributed by atoms with Gasteiger partial charge in [-0.2, -0.15) is 0 Å². The topological polar surface area (TPSA) is 98.5 Å². The Bertz CT molecular complexity index is 602. The molecule has 0 aliphatic carbocycles. The number of urea groups is 1. The smallest absolute Gasteiger partial charge is 0.331 e. The van der Waals surface area contributed by atoms with Crippen molar-refractivity contribution in [3.8, 4) is 0 Å². The van der Waals surface area contributed by atoms with Crippen LogP contribution >= 0.6 is 23.2 Å². The van der Waals surface area contributed by atoms with Crippen molar-refractivity contribution in [3.63, 3.8) is 0 Å². The van der Waals surface area contributed by atoms with Crippen LogP contribution in [0.15, 0.2) is 24.3 Å². The van der Waals surface area contributed by atoms with Gasteiger partial charge in [0.05, 0.1) is 10.0 Å². The molecule has 1 rings (SSSR count). The van der Waals surface area contributed by atoms with Gasteiger partial charge in [0.2, 0.25) is 0 Å². The van der Waals surface area contributed by atoms with Gasteiger partial charge in [-0.25, -0.2) is 9.59 Å². The number of imide groups is 1. The van der Waals surface area contributed by atoms with E-state index in [1.54, 1.807) is 23.5 Å². The third kappa shape index (κ3) is 5.85. The van der Waals surface area contributed by atoms with E-state index in [1.807, 2.05) is 0 Å². The van der Waals surface area contributed by atoms with Crippen LogP contribution < -0.4 is 11.1 Å². The van der Waals surface area contributed by atoms with Crippen molar-refractivity contribution in [2.75, 3.05) is 0 Å². The summed E-state index contributed by atoms with van der Waals surface area (Å²) in [5, 5.41) is 2.55. The number of primary amides is 1. The maximum Gasteiger partial charge on any atom is 0.331 e. The summed E-state index contributed by atoms with van der Waals surface area (Å²) < 4.78 is 4.78. The van der Waals surface area contributed by atoms with Crippen LogP contribution in [0, 0.1) is 0 Å². The number of esters is 1. The zero-order chi connectivity index (χ0) is 16.0. The number of hydrogen-bond donors (Lipinski definition) is 2. The van der Waals surface area contributed by atoms with E-state index in [-0.39, 0.29) is 0 Å². The lowest BCUT2D eigenvalue weighted by Gasteiger charge is -2.10. The van der Waals surface area contributed by atoms with Gasteiger partial charge in [-0.3, -0.25) is 10.1 Å². The molecule has 0 bridgehead atoms.